The van der Waals surface area contributed by atoms with Gasteiger partial charge in [0.05, 0.1) is 11.7 Å². The fraction of sp³-hybridized carbons (Fsp3) is 0.353. The van der Waals surface area contributed by atoms with Crippen LogP contribution in [0.4, 0.5) is 5.82 Å². The molecule has 0 radical (unpaired) electrons. The van der Waals surface area contributed by atoms with Crippen LogP contribution in [0.25, 0.3) is 10.8 Å². The lowest BCUT2D eigenvalue weighted by Crippen LogP contribution is -2.43. The summed E-state index contributed by atoms with van der Waals surface area (Å²) in [6.07, 6.45) is 1.76. The van der Waals surface area contributed by atoms with Gasteiger partial charge in [0.25, 0.3) is 5.88 Å². The molecule has 0 bridgehead atoms. The number of nitrogens with one attached hydrogen (secondary N) is 1. The lowest BCUT2D eigenvalue weighted by atomic mass is 10.2. The van der Waals surface area contributed by atoms with E-state index in [1.54, 1.807) is 6.20 Å². The molecule has 0 aliphatic carbocycles. The second kappa shape index (κ2) is 7.62. The first-order valence-electron chi connectivity index (χ1n) is 8.29. The van der Waals surface area contributed by atoms with Crippen molar-refractivity contribution in [1.82, 2.24) is 19.0 Å². The molecular formula is C17H19N5O2S. The Balaban J connectivity index is 1.35. The Hall–Kier alpha value is -2.45. The van der Waals surface area contributed by atoms with Gasteiger partial charge in [-0.1, -0.05) is 18.2 Å². The van der Waals surface area contributed by atoms with Crippen molar-refractivity contribution in [1.29, 1.82) is 0 Å². The minimum Gasteiger partial charge on any atom is -0.474 e. The summed E-state index contributed by atoms with van der Waals surface area (Å²) in [5.41, 5.74) is 0. The molecule has 0 saturated carbocycles. The van der Waals surface area contributed by atoms with Crippen molar-refractivity contribution < 1.29 is 9.47 Å². The van der Waals surface area contributed by atoms with Crippen LogP contribution in [0.2, 0.25) is 0 Å². The maximum Gasteiger partial charge on any atom is 0.270 e. The lowest BCUT2D eigenvalue weighted by molar-refractivity contribution is 0.210. The largest absolute Gasteiger partial charge is 0.474 e. The highest BCUT2D eigenvalue weighted by atomic mass is 32.1. The van der Waals surface area contributed by atoms with Crippen LogP contribution in [-0.2, 0) is 0 Å². The van der Waals surface area contributed by atoms with Gasteiger partial charge in [-0.15, -0.1) is 4.37 Å². The summed E-state index contributed by atoms with van der Waals surface area (Å²) >= 11 is 1.18. The normalized spacial score (nSPS) is 14.6. The van der Waals surface area contributed by atoms with Crippen LogP contribution in [-0.4, -0.2) is 53.1 Å². The van der Waals surface area contributed by atoms with E-state index in [1.165, 1.54) is 11.7 Å². The summed E-state index contributed by atoms with van der Waals surface area (Å²) in [4.78, 5) is 6.51. The average molecular weight is 357 g/mol. The zero-order valence-corrected chi connectivity index (χ0v) is 14.5. The SMILES string of the molecule is c1ccc2c(OCCOc3nsnc3N3CCNCC3)nccc2c1. The molecule has 2 aromatic heterocycles. The standard InChI is InChI=1S/C17H19N5O2S/c1-2-4-14-13(3-1)5-6-19-16(14)23-11-12-24-17-15(20-25-21-17)22-9-7-18-8-10-22/h1-6,18H,7-12H2. The van der Waals surface area contributed by atoms with Gasteiger partial charge in [0.1, 0.15) is 13.2 Å². The number of anilines is 1. The summed E-state index contributed by atoms with van der Waals surface area (Å²) in [7, 11) is 0. The third-order valence-corrected chi connectivity index (χ3v) is 4.56. The van der Waals surface area contributed by atoms with Gasteiger partial charge in [0, 0.05) is 37.8 Å². The van der Waals surface area contributed by atoms with Crippen LogP contribution in [0.3, 0.4) is 0 Å². The fourth-order valence-corrected chi connectivity index (χ4v) is 3.34. The van der Waals surface area contributed by atoms with E-state index in [0.29, 0.717) is 25.0 Å². The van der Waals surface area contributed by atoms with Crippen LogP contribution >= 0.6 is 11.7 Å². The molecule has 1 N–H and O–H groups in total. The average Bonchev–Trinajstić information content (AvgIpc) is 3.14. The summed E-state index contributed by atoms with van der Waals surface area (Å²) in [5, 5.41) is 5.44. The number of aromatic nitrogens is 3. The van der Waals surface area contributed by atoms with E-state index in [4.69, 9.17) is 9.47 Å². The van der Waals surface area contributed by atoms with E-state index in [-0.39, 0.29) is 0 Å². The molecular weight excluding hydrogens is 338 g/mol. The molecule has 4 rings (SSSR count). The van der Waals surface area contributed by atoms with E-state index in [0.717, 1.165) is 42.8 Å². The monoisotopic (exact) mass is 357 g/mol. The number of fused-ring (bicyclic) bond motifs is 1. The zero-order valence-electron chi connectivity index (χ0n) is 13.7. The minimum atomic E-state index is 0.398. The molecule has 8 heteroatoms. The van der Waals surface area contributed by atoms with Crippen molar-refractivity contribution in [3.05, 3.63) is 36.5 Å². The Morgan fingerprint density at radius 2 is 1.80 bits per heavy atom. The summed E-state index contributed by atoms with van der Waals surface area (Å²) in [6, 6.07) is 10.0. The number of hydrogen-bond donors (Lipinski definition) is 1. The molecule has 7 nitrogen and oxygen atoms in total. The van der Waals surface area contributed by atoms with Crippen molar-refractivity contribution in [2.75, 3.05) is 44.3 Å². The predicted molar refractivity (Wildman–Crippen MR) is 97.7 cm³/mol. The van der Waals surface area contributed by atoms with Gasteiger partial charge in [0.2, 0.25) is 11.7 Å². The van der Waals surface area contributed by atoms with Crippen LogP contribution in [0.1, 0.15) is 0 Å². The Bertz CT molecular complexity index is 829. The Morgan fingerprint density at radius 3 is 2.68 bits per heavy atom. The molecule has 130 valence electrons. The Kier molecular flexibility index (Phi) is 4.89. The first-order chi connectivity index (χ1) is 12.4. The highest BCUT2D eigenvalue weighted by Gasteiger charge is 2.19. The van der Waals surface area contributed by atoms with Gasteiger partial charge < -0.3 is 19.7 Å². The molecule has 3 heterocycles. The van der Waals surface area contributed by atoms with E-state index < -0.39 is 0 Å². The van der Waals surface area contributed by atoms with Crippen molar-refractivity contribution in [2.45, 2.75) is 0 Å². The maximum atomic E-state index is 5.80. The summed E-state index contributed by atoms with van der Waals surface area (Å²) in [6.45, 7) is 4.53. The van der Waals surface area contributed by atoms with Gasteiger partial charge in [-0.05, 0) is 17.5 Å². The molecule has 0 amide bonds. The molecule has 0 spiro atoms. The van der Waals surface area contributed by atoms with Crippen molar-refractivity contribution >= 4 is 28.3 Å². The fourth-order valence-electron chi connectivity index (χ4n) is 2.82. The van der Waals surface area contributed by atoms with E-state index in [1.807, 2.05) is 30.3 Å². The molecule has 0 unspecified atom stereocenters. The molecule has 1 fully saturated rings. The van der Waals surface area contributed by atoms with E-state index in [9.17, 15) is 0 Å². The second-order valence-electron chi connectivity index (χ2n) is 5.66. The number of rotatable bonds is 6. The number of hydrogen-bond acceptors (Lipinski definition) is 8. The highest BCUT2D eigenvalue weighted by molar-refractivity contribution is 6.99. The number of ether oxygens (including phenoxy) is 2. The summed E-state index contributed by atoms with van der Waals surface area (Å²) < 4.78 is 20.2. The van der Waals surface area contributed by atoms with Gasteiger partial charge in [-0.2, -0.15) is 4.37 Å². The van der Waals surface area contributed by atoms with Gasteiger partial charge in [-0.3, -0.25) is 0 Å². The first kappa shape index (κ1) is 16.0. The molecule has 25 heavy (non-hydrogen) atoms. The molecule has 1 aliphatic heterocycles. The second-order valence-corrected chi connectivity index (χ2v) is 6.19. The smallest absolute Gasteiger partial charge is 0.270 e. The predicted octanol–water partition coefficient (Wildman–Crippen LogP) is 1.95. The van der Waals surface area contributed by atoms with Crippen molar-refractivity contribution in [3.8, 4) is 11.8 Å². The first-order valence-corrected chi connectivity index (χ1v) is 9.02. The van der Waals surface area contributed by atoms with Crippen molar-refractivity contribution in [3.63, 3.8) is 0 Å². The quantitative estimate of drug-likeness (QED) is 0.676. The number of nitrogens with zero attached hydrogens (tertiary/aromatic N) is 4. The number of pyridine rings is 1. The van der Waals surface area contributed by atoms with Crippen LogP contribution in [0.15, 0.2) is 36.5 Å². The molecule has 0 atom stereocenters. The number of piperazine rings is 1. The number of benzene rings is 1. The van der Waals surface area contributed by atoms with Crippen molar-refractivity contribution in [2.24, 2.45) is 0 Å². The van der Waals surface area contributed by atoms with E-state index in [2.05, 4.69) is 23.9 Å². The zero-order chi connectivity index (χ0) is 16.9. The van der Waals surface area contributed by atoms with Gasteiger partial charge in [0.15, 0.2) is 0 Å². The Labute approximate surface area is 149 Å². The van der Waals surface area contributed by atoms with Gasteiger partial charge >= 0.3 is 0 Å². The van der Waals surface area contributed by atoms with Crippen LogP contribution in [0.5, 0.6) is 11.8 Å². The van der Waals surface area contributed by atoms with E-state index >= 15 is 0 Å². The topological polar surface area (TPSA) is 72.4 Å². The third-order valence-electron chi connectivity index (χ3n) is 4.06. The molecule has 3 aromatic rings. The third kappa shape index (κ3) is 3.64. The summed E-state index contributed by atoms with van der Waals surface area (Å²) in [5.74, 6) is 2.04. The maximum absolute atomic E-state index is 5.80. The van der Waals surface area contributed by atoms with Crippen LogP contribution in [0, 0.1) is 0 Å². The van der Waals surface area contributed by atoms with Gasteiger partial charge in [-0.25, -0.2) is 4.98 Å². The molecule has 1 aromatic carbocycles. The highest BCUT2D eigenvalue weighted by Crippen LogP contribution is 2.26. The Morgan fingerprint density at radius 1 is 1.00 bits per heavy atom. The minimum absolute atomic E-state index is 0.398. The van der Waals surface area contributed by atoms with Crippen LogP contribution < -0.4 is 19.7 Å². The molecule has 1 saturated heterocycles. The molecule has 1 aliphatic rings. The lowest BCUT2D eigenvalue weighted by Gasteiger charge is -2.27.